The zero-order valence-electron chi connectivity index (χ0n) is 9.06. The van der Waals surface area contributed by atoms with Gasteiger partial charge in [-0.15, -0.1) is 0 Å². The summed E-state index contributed by atoms with van der Waals surface area (Å²) in [5.41, 5.74) is 10.8. The molecule has 5 nitrogen and oxygen atoms in total. The van der Waals surface area contributed by atoms with Crippen molar-refractivity contribution < 1.29 is 4.79 Å². The lowest BCUT2D eigenvalue weighted by Crippen LogP contribution is -2.54. The highest BCUT2D eigenvalue weighted by Crippen LogP contribution is 2.21. The first-order chi connectivity index (χ1) is 7.16. The molecule has 2 heterocycles. The SMILES string of the molecule is NC(=O)C(N)CN1CCN2CCCC2C1. The van der Waals surface area contributed by atoms with Gasteiger partial charge in [0.1, 0.15) is 0 Å². The third-order valence-electron chi connectivity index (χ3n) is 3.49. The lowest BCUT2D eigenvalue weighted by molar-refractivity contribution is -0.119. The number of amides is 1. The van der Waals surface area contributed by atoms with E-state index in [9.17, 15) is 4.79 Å². The molecule has 0 bridgehead atoms. The summed E-state index contributed by atoms with van der Waals surface area (Å²) in [5, 5.41) is 0. The normalized spacial score (nSPS) is 30.1. The van der Waals surface area contributed by atoms with Crippen molar-refractivity contribution in [1.82, 2.24) is 9.80 Å². The summed E-state index contributed by atoms with van der Waals surface area (Å²) in [6.45, 7) is 5.01. The summed E-state index contributed by atoms with van der Waals surface area (Å²) >= 11 is 0. The summed E-state index contributed by atoms with van der Waals surface area (Å²) in [6, 6.07) is 0.164. The Morgan fingerprint density at radius 2 is 2.20 bits per heavy atom. The maximum Gasteiger partial charge on any atom is 0.235 e. The molecule has 5 heteroatoms. The molecule has 2 atom stereocenters. The van der Waals surface area contributed by atoms with Crippen molar-refractivity contribution in [3.05, 3.63) is 0 Å². The average molecular weight is 212 g/mol. The zero-order chi connectivity index (χ0) is 10.8. The number of nitrogens with zero attached hydrogens (tertiary/aromatic N) is 2. The van der Waals surface area contributed by atoms with Crippen LogP contribution < -0.4 is 11.5 Å². The van der Waals surface area contributed by atoms with Gasteiger partial charge in [-0.25, -0.2) is 0 Å². The fourth-order valence-corrected chi connectivity index (χ4v) is 2.59. The van der Waals surface area contributed by atoms with Crippen molar-refractivity contribution in [1.29, 1.82) is 0 Å². The molecule has 2 saturated heterocycles. The molecule has 0 saturated carbocycles. The van der Waals surface area contributed by atoms with Gasteiger partial charge in [0.15, 0.2) is 0 Å². The molecule has 0 spiro atoms. The Kier molecular flexibility index (Phi) is 3.23. The van der Waals surface area contributed by atoms with E-state index >= 15 is 0 Å². The molecular weight excluding hydrogens is 192 g/mol. The summed E-state index contributed by atoms with van der Waals surface area (Å²) in [4.78, 5) is 15.7. The van der Waals surface area contributed by atoms with Crippen LogP contribution in [0.1, 0.15) is 12.8 Å². The van der Waals surface area contributed by atoms with Crippen LogP contribution in [0.3, 0.4) is 0 Å². The molecule has 1 amide bonds. The quantitative estimate of drug-likeness (QED) is 0.602. The Morgan fingerprint density at radius 1 is 1.40 bits per heavy atom. The number of rotatable bonds is 3. The molecule has 4 N–H and O–H groups in total. The van der Waals surface area contributed by atoms with Crippen LogP contribution in [0.2, 0.25) is 0 Å². The molecule has 0 aromatic rings. The third kappa shape index (κ3) is 2.48. The van der Waals surface area contributed by atoms with Gasteiger partial charge in [0, 0.05) is 32.2 Å². The minimum atomic E-state index is -0.516. The Morgan fingerprint density at radius 3 is 2.93 bits per heavy atom. The molecule has 0 radical (unpaired) electrons. The van der Waals surface area contributed by atoms with E-state index in [1.54, 1.807) is 0 Å². The van der Waals surface area contributed by atoms with Crippen LogP contribution in [0.4, 0.5) is 0 Å². The number of hydrogen-bond donors (Lipinski definition) is 2. The minimum absolute atomic E-state index is 0.399. The molecule has 15 heavy (non-hydrogen) atoms. The number of fused-ring (bicyclic) bond motifs is 1. The van der Waals surface area contributed by atoms with Crippen molar-refractivity contribution in [3.8, 4) is 0 Å². The van der Waals surface area contributed by atoms with Crippen molar-refractivity contribution in [3.63, 3.8) is 0 Å². The van der Waals surface area contributed by atoms with Crippen molar-refractivity contribution in [2.75, 3.05) is 32.7 Å². The molecule has 2 unspecified atom stereocenters. The van der Waals surface area contributed by atoms with Gasteiger partial charge in [-0.3, -0.25) is 14.6 Å². The Bertz CT molecular complexity index is 246. The fraction of sp³-hybridized carbons (Fsp3) is 0.900. The zero-order valence-corrected chi connectivity index (χ0v) is 9.06. The van der Waals surface area contributed by atoms with Gasteiger partial charge in [0.2, 0.25) is 5.91 Å². The average Bonchev–Trinajstić information content (AvgIpc) is 2.64. The number of hydrogen-bond acceptors (Lipinski definition) is 4. The molecule has 2 rings (SSSR count). The van der Waals surface area contributed by atoms with Gasteiger partial charge in [-0.2, -0.15) is 0 Å². The van der Waals surface area contributed by atoms with Gasteiger partial charge in [0.25, 0.3) is 0 Å². The fourth-order valence-electron chi connectivity index (χ4n) is 2.59. The largest absolute Gasteiger partial charge is 0.368 e. The van der Waals surface area contributed by atoms with Crippen LogP contribution in [0.15, 0.2) is 0 Å². The van der Waals surface area contributed by atoms with E-state index < -0.39 is 11.9 Å². The van der Waals surface area contributed by atoms with E-state index in [-0.39, 0.29) is 0 Å². The van der Waals surface area contributed by atoms with E-state index in [0.29, 0.717) is 12.6 Å². The Labute approximate surface area is 90.4 Å². The van der Waals surface area contributed by atoms with E-state index in [1.165, 1.54) is 19.4 Å². The highest BCUT2D eigenvalue weighted by molar-refractivity contribution is 5.79. The third-order valence-corrected chi connectivity index (χ3v) is 3.49. The van der Waals surface area contributed by atoms with Gasteiger partial charge >= 0.3 is 0 Å². The topological polar surface area (TPSA) is 75.6 Å². The summed E-state index contributed by atoms with van der Waals surface area (Å²) in [6.07, 6.45) is 2.59. The lowest BCUT2D eigenvalue weighted by atomic mass is 10.1. The first kappa shape index (κ1) is 10.9. The second kappa shape index (κ2) is 4.47. The maximum atomic E-state index is 10.9. The van der Waals surface area contributed by atoms with Crippen LogP contribution in [-0.4, -0.2) is 60.5 Å². The van der Waals surface area contributed by atoms with Crippen LogP contribution >= 0.6 is 0 Å². The number of carbonyl (C=O) groups is 1. The second-order valence-electron chi connectivity index (χ2n) is 4.60. The van der Waals surface area contributed by atoms with Crippen LogP contribution in [0, 0.1) is 0 Å². The highest BCUT2D eigenvalue weighted by atomic mass is 16.1. The summed E-state index contributed by atoms with van der Waals surface area (Å²) < 4.78 is 0. The standard InChI is InChI=1S/C10H20N4O/c11-9(10(12)15)7-13-4-5-14-3-1-2-8(14)6-13/h8-9H,1-7,11H2,(H2,12,15). The predicted octanol–water partition coefficient (Wildman–Crippen LogP) is -1.42. The lowest BCUT2D eigenvalue weighted by Gasteiger charge is -2.38. The summed E-state index contributed by atoms with van der Waals surface area (Å²) in [5.74, 6) is -0.399. The maximum absolute atomic E-state index is 10.9. The Hall–Kier alpha value is -0.650. The van der Waals surface area contributed by atoms with E-state index in [2.05, 4.69) is 9.80 Å². The molecule has 2 aliphatic heterocycles. The van der Waals surface area contributed by atoms with Crippen molar-refractivity contribution in [2.45, 2.75) is 24.9 Å². The number of primary amides is 1. The molecule has 0 aromatic carbocycles. The monoisotopic (exact) mass is 212 g/mol. The van der Waals surface area contributed by atoms with Gasteiger partial charge in [0.05, 0.1) is 6.04 Å². The van der Waals surface area contributed by atoms with Crippen molar-refractivity contribution >= 4 is 5.91 Å². The number of carbonyl (C=O) groups excluding carboxylic acids is 1. The smallest absolute Gasteiger partial charge is 0.235 e. The molecule has 0 aliphatic carbocycles. The number of piperazine rings is 1. The van der Waals surface area contributed by atoms with Gasteiger partial charge in [-0.1, -0.05) is 0 Å². The molecule has 86 valence electrons. The second-order valence-corrected chi connectivity index (χ2v) is 4.60. The van der Waals surface area contributed by atoms with Gasteiger partial charge in [-0.05, 0) is 19.4 Å². The van der Waals surface area contributed by atoms with Gasteiger partial charge < -0.3 is 11.5 Å². The minimum Gasteiger partial charge on any atom is -0.368 e. The van der Waals surface area contributed by atoms with Crippen LogP contribution in [-0.2, 0) is 4.79 Å². The van der Waals surface area contributed by atoms with E-state index in [4.69, 9.17) is 11.5 Å². The molecule has 0 aromatic heterocycles. The first-order valence-corrected chi connectivity index (χ1v) is 5.68. The van der Waals surface area contributed by atoms with Crippen LogP contribution in [0.5, 0.6) is 0 Å². The molecular formula is C10H20N4O. The van der Waals surface area contributed by atoms with Crippen LogP contribution in [0.25, 0.3) is 0 Å². The van der Waals surface area contributed by atoms with E-state index in [1.807, 2.05) is 0 Å². The molecule has 2 aliphatic rings. The summed E-state index contributed by atoms with van der Waals surface area (Å²) in [7, 11) is 0. The Balaban J connectivity index is 1.82. The highest BCUT2D eigenvalue weighted by Gasteiger charge is 2.31. The van der Waals surface area contributed by atoms with Crippen molar-refractivity contribution in [2.24, 2.45) is 11.5 Å². The predicted molar refractivity (Wildman–Crippen MR) is 58.2 cm³/mol. The van der Waals surface area contributed by atoms with E-state index in [0.717, 1.165) is 19.6 Å². The number of nitrogens with two attached hydrogens (primary N) is 2. The first-order valence-electron chi connectivity index (χ1n) is 5.68. The molecule has 2 fully saturated rings.